The van der Waals surface area contributed by atoms with Crippen molar-refractivity contribution in [1.82, 2.24) is 9.80 Å². The number of hydrogen-bond acceptors (Lipinski definition) is 2. The molecular weight excluding hydrogens is 230 g/mol. The van der Waals surface area contributed by atoms with E-state index in [0.29, 0.717) is 12.5 Å². The van der Waals surface area contributed by atoms with Crippen molar-refractivity contribution in [1.29, 1.82) is 0 Å². The lowest BCUT2D eigenvalue weighted by Gasteiger charge is -2.38. The van der Waals surface area contributed by atoms with Crippen LogP contribution in [-0.4, -0.2) is 47.9 Å². The molecule has 2 atom stereocenters. The van der Waals surface area contributed by atoms with Gasteiger partial charge >= 0.3 is 6.03 Å². The van der Waals surface area contributed by atoms with Crippen LogP contribution in [0.15, 0.2) is 0 Å². The number of piperidine rings is 2. The molecule has 0 spiro atoms. The van der Waals surface area contributed by atoms with E-state index in [1.165, 1.54) is 6.42 Å². The van der Waals surface area contributed by atoms with E-state index in [9.17, 15) is 9.59 Å². The van der Waals surface area contributed by atoms with E-state index in [1.54, 1.807) is 4.90 Å². The zero-order chi connectivity index (χ0) is 13.1. The molecule has 102 valence electrons. The molecule has 2 fully saturated rings. The fourth-order valence-electron chi connectivity index (χ4n) is 2.95. The Kier molecular flexibility index (Phi) is 4.09. The molecule has 0 aromatic carbocycles. The van der Waals surface area contributed by atoms with E-state index in [0.717, 1.165) is 38.9 Å². The summed E-state index contributed by atoms with van der Waals surface area (Å²) in [7, 11) is 0. The van der Waals surface area contributed by atoms with Crippen molar-refractivity contribution in [2.45, 2.75) is 32.6 Å². The molecule has 5 nitrogen and oxygen atoms in total. The van der Waals surface area contributed by atoms with Crippen LogP contribution in [0.2, 0.25) is 0 Å². The van der Waals surface area contributed by atoms with Gasteiger partial charge in [-0.2, -0.15) is 0 Å². The molecule has 2 rings (SSSR count). The van der Waals surface area contributed by atoms with E-state index < -0.39 is 0 Å². The maximum atomic E-state index is 12.4. The zero-order valence-corrected chi connectivity index (χ0v) is 11.1. The summed E-state index contributed by atoms with van der Waals surface area (Å²) in [5.41, 5.74) is 5.34. The van der Waals surface area contributed by atoms with Gasteiger partial charge in [0, 0.05) is 26.2 Å². The van der Waals surface area contributed by atoms with Crippen LogP contribution in [0.25, 0.3) is 0 Å². The Morgan fingerprint density at radius 3 is 2.28 bits per heavy atom. The van der Waals surface area contributed by atoms with Gasteiger partial charge in [-0.3, -0.25) is 4.79 Å². The van der Waals surface area contributed by atoms with E-state index in [2.05, 4.69) is 6.92 Å². The largest absolute Gasteiger partial charge is 0.369 e. The highest BCUT2D eigenvalue weighted by Gasteiger charge is 2.30. The third kappa shape index (κ3) is 2.94. The summed E-state index contributed by atoms with van der Waals surface area (Å²) in [6.45, 7) is 5.13. The van der Waals surface area contributed by atoms with Crippen LogP contribution < -0.4 is 5.73 Å². The number of nitrogens with zero attached hydrogens (tertiary/aromatic N) is 2. The smallest absolute Gasteiger partial charge is 0.320 e. The van der Waals surface area contributed by atoms with Crippen LogP contribution in [0.5, 0.6) is 0 Å². The fourth-order valence-corrected chi connectivity index (χ4v) is 2.95. The standard InChI is InChI=1S/C13H23N3O2/c1-10-4-2-6-15(8-10)13(18)16-7-3-5-11(9-16)12(14)17/h10-11H,2-9H2,1H3,(H2,14,17). The molecule has 2 aliphatic heterocycles. The van der Waals surface area contributed by atoms with Gasteiger partial charge in [0.05, 0.1) is 5.92 Å². The Bertz CT molecular complexity index is 332. The van der Waals surface area contributed by atoms with Crippen molar-refractivity contribution in [3.8, 4) is 0 Å². The van der Waals surface area contributed by atoms with Crippen molar-refractivity contribution < 1.29 is 9.59 Å². The third-order valence-electron chi connectivity index (χ3n) is 4.02. The topological polar surface area (TPSA) is 66.6 Å². The monoisotopic (exact) mass is 253 g/mol. The number of hydrogen-bond donors (Lipinski definition) is 1. The van der Waals surface area contributed by atoms with E-state index in [1.807, 2.05) is 4.90 Å². The summed E-state index contributed by atoms with van der Waals surface area (Å²) in [6.07, 6.45) is 3.98. The van der Waals surface area contributed by atoms with Gasteiger partial charge in [0.2, 0.25) is 5.91 Å². The predicted octanol–water partition coefficient (Wildman–Crippen LogP) is 1.04. The van der Waals surface area contributed by atoms with Crippen molar-refractivity contribution in [3.63, 3.8) is 0 Å². The predicted molar refractivity (Wildman–Crippen MR) is 68.9 cm³/mol. The molecule has 3 amide bonds. The molecule has 18 heavy (non-hydrogen) atoms. The van der Waals surface area contributed by atoms with Gasteiger partial charge in [0.15, 0.2) is 0 Å². The molecule has 0 aromatic rings. The van der Waals surface area contributed by atoms with E-state index in [-0.39, 0.29) is 17.9 Å². The lowest BCUT2D eigenvalue weighted by molar-refractivity contribution is -0.123. The van der Waals surface area contributed by atoms with Gasteiger partial charge in [-0.05, 0) is 31.6 Å². The van der Waals surface area contributed by atoms with Crippen LogP contribution >= 0.6 is 0 Å². The molecule has 5 heteroatoms. The zero-order valence-electron chi connectivity index (χ0n) is 11.1. The first kappa shape index (κ1) is 13.2. The van der Waals surface area contributed by atoms with Crippen molar-refractivity contribution in [2.75, 3.05) is 26.2 Å². The van der Waals surface area contributed by atoms with E-state index >= 15 is 0 Å². The number of likely N-dealkylation sites (tertiary alicyclic amines) is 2. The van der Waals surface area contributed by atoms with Gasteiger partial charge in [-0.1, -0.05) is 6.92 Å². The second-order valence-electron chi connectivity index (χ2n) is 5.66. The second kappa shape index (κ2) is 5.59. The Labute approximate surface area is 108 Å². The first-order valence-corrected chi connectivity index (χ1v) is 6.91. The number of amides is 3. The molecule has 0 saturated carbocycles. The number of urea groups is 1. The van der Waals surface area contributed by atoms with Gasteiger partial charge < -0.3 is 15.5 Å². The van der Waals surface area contributed by atoms with Gasteiger partial charge in [-0.25, -0.2) is 4.79 Å². The molecule has 2 saturated heterocycles. The molecule has 0 aliphatic carbocycles. The average Bonchev–Trinajstić information content (AvgIpc) is 2.38. The number of nitrogens with two attached hydrogens (primary N) is 1. The lowest BCUT2D eigenvalue weighted by Crippen LogP contribution is -2.51. The summed E-state index contributed by atoms with van der Waals surface area (Å²) >= 11 is 0. The first-order valence-electron chi connectivity index (χ1n) is 6.91. The Balaban J connectivity index is 1.93. The number of carbonyl (C=O) groups excluding carboxylic acids is 2. The maximum Gasteiger partial charge on any atom is 0.320 e. The van der Waals surface area contributed by atoms with E-state index in [4.69, 9.17) is 5.73 Å². The van der Waals surface area contributed by atoms with Gasteiger partial charge in [-0.15, -0.1) is 0 Å². The van der Waals surface area contributed by atoms with Crippen molar-refractivity contribution in [3.05, 3.63) is 0 Å². The summed E-state index contributed by atoms with van der Waals surface area (Å²) in [5, 5.41) is 0. The molecule has 2 N–H and O–H groups in total. The normalized spacial score (nSPS) is 29.2. The molecular formula is C13H23N3O2. The lowest BCUT2D eigenvalue weighted by atomic mass is 9.97. The van der Waals surface area contributed by atoms with Crippen molar-refractivity contribution >= 4 is 11.9 Å². The number of primary amides is 1. The minimum absolute atomic E-state index is 0.0903. The molecule has 0 radical (unpaired) electrons. The molecule has 0 bridgehead atoms. The van der Waals surface area contributed by atoms with Crippen molar-refractivity contribution in [2.24, 2.45) is 17.6 Å². The van der Waals surface area contributed by atoms with Crippen LogP contribution in [-0.2, 0) is 4.79 Å². The number of carbonyl (C=O) groups is 2. The van der Waals surface area contributed by atoms with Gasteiger partial charge in [0.25, 0.3) is 0 Å². The summed E-state index contributed by atoms with van der Waals surface area (Å²) in [5.74, 6) is 0.142. The average molecular weight is 253 g/mol. The maximum absolute atomic E-state index is 12.4. The highest BCUT2D eigenvalue weighted by atomic mass is 16.2. The molecule has 2 aliphatic rings. The van der Waals surface area contributed by atoms with Crippen LogP contribution in [0.3, 0.4) is 0 Å². The Morgan fingerprint density at radius 2 is 1.67 bits per heavy atom. The minimum Gasteiger partial charge on any atom is -0.369 e. The Morgan fingerprint density at radius 1 is 1.06 bits per heavy atom. The summed E-state index contributed by atoms with van der Waals surface area (Å²) < 4.78 is 0. The SMILES string of the molecule is CC1CCCN(C(=O)N2CCCC(C(N)=O)C2)C1. The van der Waals surface area contributed by atoms with Gasteiger partial charge in [0.1, 0.15) is 0 Å². The highest BCUT2D eigenvalue weighted by Crippen LogP contribution is 2.21. The molecule has 0 aromatic heterocycles. The van der Waals surface area contributed by atoms with Crippen LogP contribution in [0.1, 0.15) is 32.6 Å². The quantitative estimate of drug-likeness (QED) is 0.758. The first-order chi connectivity index (χ1) is 8.58. The summed E-state index contributed by atoms with van der Waals surface area (Å²) in [4.78, 5) is 27.3. The van der Waals surface area contributed by atoms with Crippen LogP contribution in [0, 0.1) is 11.8 Å². The molecule has 2 heterocycles. The van der Waals surface area contributed by atoms with Crippen LogP contribution in [0.4, 0.5) is 4.79 Å². The minimum atomic E-state index is -0.278. The third-order valence-corrected chi connectivity index (χ3v) is 4.02. The highest BCUT2D eigenvalue weighted by molar-refractivity contribution is 5.79. The number of rotatable bonds is 1. The Hall–Kier alpha value is -1.26. The summed E-state index contributed by atoms with van der Waals surface area (Å²) in [6, 6.07) is 0.0903. The second-order valence-corrected chi connectivity index (χ2v) is 5.66. The fraction of sp³-hybridized carbons (Fsp3) is 0.846. The molecule has 2 unspecified atom stereocenters.